The number of methoxy groups -OCH3 is 1. The van der Waals surface area contributed by atoms with Crippen LogP contribution in [-0.2, 0) is 9.53 Å². The van der Waals surface area contributed by atoms with Gasteiger partial charge in [-0.05, 0) is 26.5 Å². The Balaban J connectivity index is 0.000000303. The van der Waals surface area contributed by atoms with E-state index >= 15 is 0 Å². The second kappa shape index (κ2) is 10.6. The van der Waals surface area contributed by atoms with Crippen molar-refractivity contribution in [2.24, 2.45) is 23.7 Å². The van der Waals surface area contributed by atoms with Gasteiger partial charge >= 0.3 is 20.1 Å². The number of aliphatic hydroxyl groups excluding tert-OH is 1. The lowest BCUT2D eigenvalue weighted by atomic mass is 9.86. The summed E-state index contributed by atoms with van der Waals surface area (Å²) in [6.07, 6.45) is 0.697. The molecule has 13 heteroatoms. The predicted octanol–water partition coefficient (Wildman–Crippen LogP) is 0.858. The number of alkyl halides is 4. The van der Waals surface area contributed by atoms with Crippen LogP contribution in [0.4, 0.5) is 17.6 Å². The third kappa shape index (κ3) is 6.09. The molecule has 7 nitrogen and oxygen atoms in total. The van der Waals surface area contributed by atoms with E-state index in [1.165, 1.54) is 13.6 Å². The first-order valence-corrected chi connectivity index (χ1v) is 10.1. The molecule has 5 N–H and O–H groups in total. The molecule has 0 saturated heterocycles. The summed E-state index contributed by atoms with van der Waals surface area (Å²) in [6, 6.07) is -1.86. The minimum Gasteiger partial charge on any atom is -0.468 e. The van der Waals surface area contributed by atoms with E-state index in [4.69, 9.17) is 15.2 Å². The molecule has 6 atom stereocenters. The molecule has 0 heterocycles. The monoisotopic (exact) mass is 442 g/mol. The molecule has 2 fully saturated rings. The summed E-state index contributed by atoms with van der Waals surface area (Å²) < 4.78 is 57.3. The average molecular weight is 442 g/mol. The highest BCUT2D eigenvalue weighted by molar-refractivity contribution is 6.46. The number of halogens is 4. The predicted molar refractivity (Wildman–Crippen MR) is 105 cm³/mol. The van der Waals surface area contributed by atoms with Crippen molar-refractivity contribution in [2.45, 2.75) is 64.3 Å². The molecule has 0 radical (unpaired) electrons. The zero-order valence-electron chi connectivity index (χ0n) is 17.9. The number of hydrogen-bond acceptors (Lipinski definition) is 7. The molecule has 0 spiro atoms. The fourth-order valence-electron chi connectivity index (χ4n) is 4.17. The van der Waals surface area contributed by atoms with E-state index in [9.17, 15) is 22.4 Å². The van der Waals surface area contributed by atoms with Crippen molar-refractivity contribution in [2.75, 3.05) is 13.7 Å². The normalized spacial score (nSPS) is 29.7. The number of aliphatic hydroxyl groups is 1. The van der Waals surface area contributed by atoms with Crippen LogP contribution in [-0.4, -0.2) is 72.9 Å². The van der Waals surface area contributed by atoms with E-state index in [1.807, 2.05) is 0 Å². The van der Waals surface area contributed by atoms with E-state index in [1.54, 1.807) is 13.8 Å². The van der Waals surface area contributed by atoms with Crippen molar-refractivity contribution >= 4 is 20.1 Å². The summed E-state index contributed by atoms with van der Waals surface area (Å²) in [6.45, 7) is 5.80. The Kier molecular flexibility index (Phi) is 9.62. The first kappa shape index (κ1) is 27.2. The van der Waals surface area contributed by atoms with Crippen molar-refractivity contribution in [3.8, 4) is 0 Å². The highest BCUT2D eigenvalue weighted by Gasteiger charge is 2.71. The van der Waals surface area contributed by atoms with E-state index in [0.29, 0.717) is 12.8 Å². The lowest BCUT2D eigenvalue weighted by Crippen LogP contribution is -2.48. The highest BCUT2D eigenvalue weighted by atomic mass is 19.3. The summed E-state index contributed by atoms with van der Waals surface area (Å²) in [5.41, 5.74) is 0. The van der Waals surface area contributed by atoms with Crippen molar-refractivity contribution in [3.05, 3.63) is 0 Å². The maximum Gasteiger partial charge on any atom is 0.374 e. The van der Waals surface area contributed by atoms with Crippen LogP contribution >= 0.6 is 0 Å². The fourth-order valence-corrected chi connectivity index (χ4v) is 4.17. The van der Waals surface area contributed by atoms with Gasteiger partial charge in [0.1, 0.15) is 6.04 Å². The van der Waals surface area contributed by atoms with Crippen LogP contribution in [0.5, 0.6) is 0 Å². The topological polar surface area (TPSA) is 111 Å². The summed E-state index contributed by atoms with van der Waals surface area (Å²) in [4.78, 5) is 11.3. The van der Waals surface area contributed by atoms with E-state index in [-0.39, 0.29) is 6.61 Å². The SMILES string of the molecule is CCC1C(C(CO)NB(C)O)C1(F)F.CCC1C(C(NB(C)O)C(=O)OC)C1(F)F. The molecule has 174 valence electrons. The maximum absolute atomic E-state index is 13.3. The van der Waals surface area contributed by atoms with Crippen molar-refractivity contribution in [1.82, 2.24) is 10.5 Å². The molecule has 2 rings (SSSR count). The molecular weight excluding hydrogens is 410 g/mol. The number of carbonyl (C=O) groups excluding carboxylic acids is 1. The van der Waals surface area contributed by atoms with Crippen LogP contribution < -0.4 is 10.5 Å². The number of rotatable bonds is 10. The maximum atomic E-state index is 13.3. The largest absolute Gasteiger partial charge is 0.468 e. The highest BCUT2D eigenvalue weighted by Crippen LogP contribution is 2.59. The van der Waals surface area contributed by atoms with Crippen LogP contribution in [0.1, 0.15) is 26.7 Å². The lowest BCUT2D eigenvalue weighted by Gasteiger charge is -2.16. The van der Waals surface area contributed by atoms with Gasteiger partial charge in [0, 0.05) is 23.8 Å². The number of hydrogen-bond donors (Lipinski definition) is 5. The van der Waals surface area contributed by atoms with Crippen LogP contribution in [0.3, 0.4) is 0 Å². The Labute approximate surface area is 175 Å². The third-order valence-corrected chi connectivity index (χ3v) is 5.73. The minimum atomic E-state index is -2.85. The van der Waals surface area contributed by atoms with Crippen molar-refractivity contribution in [3.63, 3.8) is 0 Å². The van der Waals surface area contributed by atoms with Crippen LogP contribution in [0.2, 0.25) is 13.6 Å². The van der Waals surface area contributed by atoms with Gasteiger partial charge in [-0.2, -0.15) is 0 Å². The molecule has 0 aromatic carbocycles. The zero-order valence-corrected chi connectivity index (χ0v) is 17.9. The van der Waals surface area contributed by atoms with Crippen LogP contribution in [0.15, 0.2) is 0 Å². The Morgan fingerprint density at radius 1 is 1.00 bits per heavy atom. The summed E-state index contributed by atoms with van der Waals surface area (Å²) in [5.74, 6) is -9.71. The Morgan fingerprint density at radius 3 is 1.73 bits per heavy atom. The van der Waals surface area contributed by atoms with Gasteiger partial charge in [-0.25, -0.2) is 17.6 Å². The zero-order chi connectivity index (χ0) is 23.4. The van der Waals surface area contributed by atoms with Gasteiger partial charge in [0.2, 0.25) is 0 Å². The molecule has 0 amide bonds. The number of esters is 1. The standard InChI is InChI=1S/C9H16BF2NO3.C8H16BF2NO2/c1-4-5-6(9(5,11)12)7(8(14)16-3)13-10(2)15;1-3-5-7(8(5,10)11)6(4-13)12-9(2)14/h5-7,13,15H,4H2,1-3H3;5-7,12-14H,3-4H2,1-2H3. The molecule has 2 aliphatic rings. The quantitative estimate of drug-likeness (QED) is 0.194. The van der Waals surface area contributed by atoms with Gasteiger partial charge < -0.3 is 30.3 Å². The van der Waals surface area contributed by atoms with E-state index in [2.05, 4.69) is 15.2 Å². The Hall–Kier alpha value is -0.880. The van der Waals surface area contributed by atoms with E-state index < -0.39 is 67.7 Å². The van der Waals surface area contributed by atoms with Gasteiger partial charge in [-0.15, -0.1) is 0 Å². The Morgan fingerprint density at radius 2 is 1.43 bits per heavy atom. The van der Waals surface area contributed by atoms with Crippen molar-refractivity contribution in [1.29, 1.82) is 0 Å². The smallest absolute Gasteiger partial charge is 0.374 e. The second-order valence-electron chi connectivity index (χ2n) is 7.91. The summed E-state index contributed by atoms with van der Waals surface area (Å²) in [7, 11) is -0.764. The van der Waals surface area contributed by atoms with Gasteiger partial charge in [0.15, 0.2) is 0 Å². The van der Waals surface area contributed by atoms with E-state index in [0.717, 1.165) is 7.11 Å². The fraction of sp³-hybridized carbons (Fsp3) is 0.941. The molecule has 0 aliphatic heterocycles. The number of carbonyl (C=O) groups is 1. The molecule has 2 saturated carbocycles. The van der Waals surface area contributed by atoms with Crippen LogP contribution in [0.25, 0.3) is 0 Å². The minimum absolute atomic E-state index is 0.298. The number of ether oxygens (including phenoxy) is 1. The molecule has 0 bridgehead atoms. The van der Waals surface area contributed by atoms with Crippen LogP contribution in [0, 0.1) is 23.7 Å². The molecule has 30 heavy (non-hydrogen) atoms. The first-order chi connectivity index (χ1) is 13.8. The molecule has 0 aromatic rings. The summed E-state index contributed by atoms with van der Waals surface area (Å²) >= 11 is 0. The van der Waals surface area contributed by atoms with Gasteiger partial charge in [-0.1, -0.05) is 13.8 Å². The molecule has 6 unspecified atom stereocenters. The van der Waals surface area contributed by atoms with Gasteiger partial charge in [-0.3, -0.25) is 4.79 Å². The lowest BCUT2D eigenvalue weighted by molar-refractivity contribution is -0.144. The van der Waals surface area contributed by atoms with Gasteiger partial charge in [0.05, 0.1) is 19.6 Å². The average Bonchev–Trinajstić information content (AvgIpc) is 3.43. The Bertz CT molecular complexity index is 574. The second-order valence-corrected chi connectivity index (χ2v) is 7.91. The van der Waals surface area contributed by atoms with Crippen molar-refractivity contribution < 1.29 is 42.2 Å². The molecule has 0 aromatic heterocycles. The molecular formula is C17H32B2F4N2O5. The summed E-state index contributed by atoms with van der Waals surface area (Å²) in [5, 5.41) is 32.0. The first-order valence-electron chi connectivity index (χ1n) is 10.1. The molecule has 2 aliphatic carbocycles. The number of nitrogens with one attached hydrogen (secondary N) is 2. The van der Waals surface area contributed by atoms with Gasteiger partial charge in [0.25, 0.3) is 11.8 Å². The third-order valence-electron chi connectivity index (χ3n) is 5.73.